The van der Waals surface area contributed by atoms with E-state index < -0.39 is 11.9 Å². The average Bonchev–Trinajstić information content (AvgIpc) is 2.88. The maximum absolute atomic E-state index is 12.6. The van der Waals surface area contributed by atoms with Gasteiger partial charge in [-0.15, -0.1) is 0 Å². The van der Waals surface area contributed by atoms with Gasteiger partial charge in [0.1, 0.15) is 11.6 Å². The summed E-state index contributed by atoms with van der Waals surface area (Å²) in [4.78, 5) is 8.58. The lowest BCUT2D eigenvalue weighted by Crippen LogP contribution is -2.11. The van der Waals surface area contributed by atoms with E-state index in [0.717, 1.165) is 10.7 Å². The molecule has 2 aromatic rings. The number of rotatable bonds is 4. The Morgan fingerprint density at radius 3 is 2.52 bits per heavy atom. The molecule has 2 heterocycles. The van der Waals surface area contributed by atoms with E-state index in [-0.39, 0.29) is 5.92 Å². The molecule has 1 N–H and O–H groups in total. The van der Waals surface area contributed by atoms with Gasteiger partial charge < -0.3 is 5.32 Å². The van der Waals surface area contributed by atoms with Crippen LogP contribution in [0.3, 0.4) is 0 Å². The normalized spacial score (nSPS) is 12.0. The quantitative estimate of drug-likeness (QED) is 0.941. The maximum Gasteiger partial charge on any atom is 0.435 e. The number of anilines is 1. The zero-order chi connectivity index (χ0) is 15.6. The Hall–Kier alpha value is -2.12. The zero-order valence-electron chi connectivity index (χ0n) is 11.9. The third-order valence-corrected chi connectivity index (χ3v) is 2.72. The molecule has 0 saturated carbocycles. The lowest BCUT2D eigenvalue weighted by atomic mass is 10.2. The highest BCUT2D eigenvalue weighted by Gasteiger charge is 2.33. The molecule has 21 heavy (non-hydrogen) atoms. The van der Waals surface area contributed by atoms with Crippen LogP contribution in [0.15, 0.2) is 18.3 Å². The summed E-state index contributed by atoms with van der Waals surface area (Å²) in [6, 6.07) is 2.49. The predicted molar refractivity (Wildman–Crippen MR) is 72.4 cm³/mol. The lowest BCUT2D eigenvalue weighted by molar-refractivity contribution is -0.141. The number of nitrogens with zero attached hydrogens (tertiary/aromatic N) is 4. The van der Waals surface area contributed by atoms with Crippen LogP contribution < -0.4 is 5.32 Å². The molecule has 0 aliphatic heterocycles. The molecule has 0 unspecified atom stereocenters. The minimum Gasteiger partial charge on any atom is -0.370 e. The second-order valence-electron chi connectivity index (χ2n) is 4.80. The third kappa shape index (κ3) is 3.50. The van der Waals surface area contributed by atoms with E-state index in [1.807, 2.05) is 20.8 Å². The summed E-state index contributed by atoms with van der Waals surface area (Å²) < 4.78 is 38.9. The molecule has 5 nitrogen and oxygen atoms in total. The smallest absolute Gasteiger partial charge is 0.370 e. The highest BCUT2D eigenvalue weighted by Crippen LogP contribution is 2.28. The first-order valence-corrected chi connectivity index (χ1v) is 6.57. The van der Waals surface area contributed by atoms with Crippen LogP contribution in [0.1, 0.15) is 38.2 Å². The zero-order valence-corrected chi connectivity index (χ0v) is 11.9. The fourth-order valence-electron chi connectivity index (χ4n) is 1.70. The summed E-state index contributed by atoms with van der Waals surface area (Å²) in [5.41, 5.74) is -0.947. The lowest BCUT2D eigenvalue weighted by Gasteiger charge is -2.10. The van der Waals surface area contributed by atoms with Gasteiger partial charge in [-0.05, 0) is 13.0 Å². The van der Waals surface area contributed by atoms with Crippen molar-refractivity contribution >= 4 is 5.82 Å². The van der Waals surface area contributed by atoms with Gasteiger partial charge in [-0.2, -0.15) is 18.3 Å². The molecule has 0 fully saturated rings. The van der Waals surface area contributed by atoms with Gasteiger partial charge in [0, 0.05) is 24.7 Å². The first kappa shape index (κ1) is 15.3. The topological polar surface area (TPSA) is 55.6 Å². The molecule has 0 radical (unpaired) electrons. The van der Waals surface area contributed by atoms with Crippen LogP contribution in [0.2, 0.25) is 0 Å². The predicted octanol–water partition coefficient (Wildman–Crippen LogP) is 3.24. The van der Waals surface area contributed by atoms with Crippen LogP contribution in [0.5, 0.6) is 0 Å². The average molecular weight is 299 g/mol. The van der Waals surface area contributed by atoms with Crippen molar-refractivity contribution < 1.29 is 13.2 Å². The van der Waals surface area contributed by atoms with Crippen molar-refractivity contribution in [1.29, 1.82) is 0 Å². The number of nitrogens with one attached hydrogen (secondary N) is 1. The van der Waals surface area contributed by atoms with Crippen molar-refractivity contribution in [2.75, 3.05) is 11.9 Å². The molecule has 114 valence electrons. The fraction of sp³-hybridized carbons (Fsp3) is 0.462. The minimum atomic E-state index is -4.47. The van der Waals surface area contributed by atoms with Gasteiger partial charge in [0.15, 0.2) is 11.5 Å². The SMILES string of the molecule is CCNc1cc(-n2ccc(C(F)(F)F)n2)nc(C(C)C)n1. The monoisotopic (exact) mass is 299 g/mol. The van der Waals surface area contributed by atoms with E-state index in [2.05, 4.69) is 20.4 Å². The molecule has 0 atom stereocenters. The van der Waals surface area contributed by atoms with Crippen molar-refractivity contribution in [3.8, 4) is 5.82 Å². The maximum atomic E-state index is 12.6. The summed E-state index contributed by atoms with van der Waals surface area (Å²) in [6.45, 7) is 6.39. The first-order valence-electron chi connectivity index (χ1n) is 6.57. The van der Waals surface area contributed by atoms with Gasteiger partial charge in [0.2, 0.25) is 0 Å². The Kier molecular flexibility index (Phi) is 4.15. The minimum absolute atomic E-state index is 0.0556. The van der Waals surface area contributed by atoms with E-state index in [9.17, 15) is 13.2 Å². The molecule has 0 bridgehead atoms. The van der Waals surface area contributed by atoms with Crippen molar-refractivity contribution in [2.45, 2.75) is 32.9 Å². The molecular formula is C13H16F3N5. The van der Waals surface area contributed by atoms with Crippen molar-refractivity contribution in [1.82, 2.24) is 19.7 Å². The van der Waals surface area contributed by atoms with Crippen molar-refractivity contribution in [2.24, 2.45) is 0 Å². The molecule has 2 rings (SSSR count). The Balaban J connectivity index is 2.44. The Morgan fingerprint density at radius 2 is 2.00 bits per heavy atom. The largest absolute Gasteiger partial charge is 0.435 e. The van der Waals surface area contributed by atoms with Crippen LogP contribution in [-0.2, 0) is 6.18 Å². The van der Waals surface area contributed by atoms with E-state index in [0.29, 0.717) is 24.0 Å². The van der Waals surface area contributed by atoms with Crippen LogP contribution in [0.25, 0.3) is 5.82 Å². The second kappa shape index (κ2) is 5.71. The van der Waals surface area contributed by atoms with Gasteiger partial charge in [0.05, 0.1) is 0 Å². The van der Waals surface area contributed by atoms with E-state index in [4.69, 9.17) is 0 Å². The number of hydrogen-bond acceptors (Lipinski definition) is 4. The van der Waals surface area contributed by atoms with Gasteiger partial charge in [-0.25, -0.2) is 14.6 Å². The molecule has 0 saturated heterocycles. The van der Waals surface area contributed by atoms with E-state index in [1.54, 1.807) is 6.07 Å². The highest BCUT2D eigenvalue weighted by atomic mass is 19.4. The van der Waals surface area contributed by atoms with Crippen LogP contribution in [-0.4, -0.2) is 26.3 Å². The number of alkyl halides is 3. The second-order valence-corrected chi connectivity index (χ2v) is 4.80. The molecular weight excluding hydrogens is 283 g/mol. The van der Waals surface area contributed by atoms with E-state index in [1.165, 1.54) is 6.20 Å². The Labute approximate surface area is 120 Å². The van der Waals surface area contributed by atoms with Crippen molar-refractivity contribution in [3.63, 3.8) is 0 Å². The third-order valence-electron chi connectivity index (χ3n) is 2.72. The summed E-state index contributed by atoms with van der Waals surface area (Å²) in [7, 11) is 0. The highest BCUT2D eigenvalue weighted by molar-refractivity contribution is 5.41. The van der Waals surface area contributed by atoms with Gasteiger partial charge >= 0.3 is 6.18 Å². The molecule has 2 aromatic heterocycles. The van der Waals surface area contributed by atoms with Gasteiger partial charge in [-0.3, -0.25) is 0 Å². The van der Waals surface area contributed by atoms with Crippen LogP contribution in [0, 0.1) is 0 Å². The fourth-order valence-corrected chi connectivity index (χ4v) is 1.70. The van der Waals surface area contributed by atoms with E-state index >= 15 is 0 Å². The van der Waals surface area contributed by atoms with Crippen molar-refractivity contribution in [3.05, 3.63) is 29.8 Å². The van der Waals surface area contributed by atoms with Crippen LogP contribution >= 0.6 is 0 Å². The summed E-state index contributed by atoms with van der Waals surface area (Å²) >= 11 is 0. The summed E-state index contributed by atoms with van der Waals surface area (Å²) in [5.74, 6) is 1.47. The Morgan fingerprint density at radius 1 is 1.29 bits per heavy atom. The summed E-state index contributed by atoms with van der Waals surface area (Å²) in [6.07, 6.45) is -3.23. The Bertz CT molecular complexity index is 619. The van der Waals surface area contributed by atoms with Gasteiger partial charge in [-0.1, -0.05) is 13.8 Å². The molecule has 0 spiro atoms. The molecule has 0 aliphatic rings. The standard InChI is InChI=1S/C13H16F3N5/c1-4-17-10-7-11(19-12(18-10)8(2)3)21-6-5-9(20-21)13(14,15)16/h5-8H,4H2,1-3H3,(H,17,18,19). The van der Waals surface area contributed by atoms with Crippen LogP contribution in [0.4, 0.5) is 19.0 Å². The first-order chi connectivity index (χ1) is 9.81. The van der Waals surface area contributed by atoms with Gasteiger partial charge in [0.25, 0.3) is 0 Å². The number of halogens is 3. The number of aromatic nitrogens is 4. The summed E-state index contributed by atoms with van der Waals surface area (Å²) in [5, 5.41) is 6.56. The molecule has 0 aliphatic carbocycles. The number of hydrogen-bond donors (Lipinski definition) is 1. The molecule has 0 aromatic carbocycles. The molecule has 8 heteroatoms. The molecule has 0 amide bonds.